The van der Waals surface area contributed by atoms with Crippen LogP contribution in [0.1, 0.15) is 45.1 Å². The Bertz CT molecular complexity index is 585. The highest BCUT2D eigenvalue weighted by atomic mass is 19.1. The number of hydrogen-bond donors (Lipinski definition) is 0. The van der Waals surface area contributed by atoms with Crippen LogP contribution >= 0.6 is 0 Å². The predicted molar refractivity (Wildman–Crippen MR) is 88.4 cm³/mol. The normalized spacial score (nSPS) is 19.0. The van der Waals surface area contributed by atoms with Gasteiger partial charge in [-0.1, -0.05) is 6.07 Å². The maximum atomic E-state index is 14.2. The highest BCUT2D eigenvalue weighted by Gasteiger charge is 2.28. The van der Waals surface area contributed by atoms with Gasteiger partial charge in [-0.3, -0.25) is 0 Å². The predicted octanol–water partition coefficient (Wildman–Crippen LogP) is 3.76. The highest BCUT2D eigenvalue weighted by molar-refractivity contribution is 5.68. The SMILES string of the molecule is CC(C)(C)OC(=O)N1CCN(c2ccc(C3CC3)c(F)c2)CC1. The molecule has 4 nitrogen and oxygen atoms in total. The lowest BCUT2D eigenvalue weighted by atomic mass is 10.1. The van der Waals surface area contributed by atoms with Crippen LogP contribution in [0.25, 0.3) is 0 Å². The summed E-state index contributed by atoms with van der Waals surface area (Å²) in [5, 5.41) is 0. The Balaban J connectivity index is 1.58. The zero-order valence-corrected chi connectivity index (χ0v) is 14.1. The van der Waals surface area contributed by atoms with Gasteiger partial charge in [-0.15, -0.1) is 0 Å². The van der Waals surface area contributed by atoms with Crippen molar-refractivity contribution in [2.24, 2.45) is 0 Å². The van der Waals surface area contributed by atoms with Crippen LogP contribution in [0.5, 0.6) is 0 Å². The van der Waals surface area contributed by atoms with Crippen molar-refractivity contribution in [3.8, 4) is 0 Å². The molecule has 1 aliphatic heterocycles. The summed E-state index contributed by atoms with van der Waals surface area (Å²) in [5.74, 6) is 0.327. The minimum absolute atomic E-state index is 0.0976. The maximum Gasteiger partial charge on any atom is 0.410 e. The van der Waals surface area contributed by atoms with E-state index in [9.17, 15) is 9.18 Å². The van der Waals surface area contributed by atoms with Gasteiger partial charge < -0.3 is 14.5 Å². The van der Waals surface area contributed by atoms with Gasteiger partial charge >= 0.3 is 6.09 Å². The summed E-state index contributed by atoms with van der Waals surface area (Å²) in [5.41, 5.74) is 1.27. The van der Waals surface area contributed by atoms with Crippen molar-refractivity contribution in [3.05, 3.63) is 29.6 Å². The van der Waals surface area contributed by atoms with Gasteiger partial charge in [0.15, 0.2) is 0 Å². The Kier molecular flexibility index (Phi) is 4.21. The molecule has 1 aromatic carbocycles. The number of halogens is 1. The van der Waals surface area contributed by atoms with Crippen LogP contribution in [-0.4, -0.2) is 42.8 Å². The zero-order valence-electron chi connectivity index (χ0n) is 14.1. The number of rotatable bonds is 2. The number of benzene rings is 1. The topological polar surface area (TPSA) is 32.8 Å². The fourth-order valence-corrected chi connectivity index (χ4v) is 2.91. The molecular weight excluding hydrogens is 295 g/mol. The molecule has 1 aromatic rings. The van der Waals surface area contributed by atoms with Crippen molar-refractivity contribution in [2.45, 2.75) is 45.1 Å². The smallest absolute Gasteiger partial charge is 0.410 e. The molecular formula is C18H25FN2O2. The monoisotopic (exact) mass is 320 g/mol. The third-order valence-electron chi connectivity index (χ3n) is 4.30. The minimum atomic E-state index is -0.476. The van der Waals surface area contributed by atoms with Crippen molar-refractivity contribution in [3.63, 3.8) is 0 Å². The lowest BCUT2D eigenvalue weighted by Crippen LogP contribution is -2.50. The summed E-state index contributed by atoms with van der Waals surface area (Å²) in [7, 11) is 0. The fourth-order valence-electron chi connectivity index (χ4n) is 2.91. The molecule has 5 heteroatoms. The first kappa shape index (κ1) is 16.1. The van der Waals surface area contributed by atoms with Gasteiger partial charge in [0, 0.05) is 31.9 Å². The van der Waals surface area contributed by atoms with Gasteiger partial charge in [-0.2, -0.15) is 0 Å². The number of piperazine rings is 1. The molecule has 0 spiro atoms. The molecule has 0 radical (unpaired) electrons. The quantitative estimate of drug-likeness (QED) is 0.832. The van der Waals surface area contributed by atoms with Crippen LogP contribution in [0.3, 0.4) is 0 Å². The highest BCUT2D eigenvalue weighted by Crippen LogP contribution is 2.41. The summed E-state index contributed by atoms with van der Waals surface area (Å²) < 4.78 is 19.6. The fraction of sp³-hybridized carbons (Fsp3) is 0.611. The summed E-state index contributed by atoms with van der Waals surface area (Å²) >= 11 is 0. The van der Waals surface area contributed by atoms with Crippen molar-refractivity contribution in [2.75, 3.05) is 31.1 Å². The zero-order chi connectivity index (χ0) is 16.6. The van der Waals surface area contributed by atoms with Gasteiger partial charge in [0.05, 0.1) is 0 Å². The van der Waals surface area contributed by atoms with Gasteiger partial charge in [-0.05, 0) is 57.2 Å². The molecule has 0 N–H and O–H groups in total. The van der Waals surface area contributed by atoms with E-state index in [1.165, 1.54) is 0 Å². The first-order valence-electron chi connectivity index (χ1n) is 8.36. The molecule has 2 aliphatic rings. The Morgan fingerprint density at radius 3 is 2.35 bits per heavy atom. The van der Waals surface area contributed by atoms with E-state index in [0.29, 0.717) is 32.1 Å². The largest absolute Gasteiger partial charge is 0.444 e. The molecule has 3 rings (SSSR count). The molecule has 23 heavy (non-hydrogen) atoms. The van der Waals surface area contributed by atoms with Crippen LogP contribution in [0.4, 0.5) is 14.9 Å². The van der Waals surface area contributed by atoms with Gasteiger partial charge in [-0.25, -0.2) is 9.18 Å². The van der Waals surface area contributed by atoms with Crippen LogP contribution in [0, 0.1) is 5.82 Å². The van der Waals surface area contributed by atoms with Crippen LogP contribution in [0.2, 0.25) is 0 Å². The number of ether oxygens (including phenoxy) is 1. The second-order valence-corrected chi connectivity index (χ2v) is 7.43. The molecule has 0 bridgehead atoms. The van der Waals surface area contributed by atoms with Crippen LogP contribution in [0.15, 0.2) is 18.2 Å². The Hall–Kier alpha value is -1.78. The number of anilines is 1. The van der Waals surface area contributed by atoms with E-state index in [4.69, 9.17) is 4.74 Å². The van der Waals surface area contributed by atoms with E-state index in [2.05, 4.69) is 4.90 Å². The van der Waals surface area contributed by atoms with E-state index in [-0.39, 0.29) is 11.9 Å². The van der Waals surface area contributed by atoms with E-state index < -0.39 is 5.60 Å². The Morgan fingerprint density at radius 2 is 1.83 bits per heavy atom. The average molecular weight is 320 g/mol. The Morgan fingerprint density at radius 1 is 1.17 bits per heavy atom. The number of carbonyl (C=O) groups excluding carboxylic acids is 1. The van der Waals surface area contributed by atoms with Crippen LogP contribution in [-0.2, 0) is 4.74 Å². The number of nitrogens with zero attached hydrogens (tertiary/aromatic N) is 2. The average Bonchev–Trinajstić information content (AvgIpc) is 3.30. The molecule has 1 saturated carbocycles. The molecule has 1 aliphatic carbocycles. The van der Waals surface area contributed by atoms with E-state index in [1.807, 2.05) is 32.9 Å². The first-order chi connectivity index (χ1) is 10.8. The first-order valence-corrected chi connectivity index (χ1v) is 8.36. The lowest BCUT2D eigenvalue weighted by Gasteiger charge is -2.36. The molecule has 1 saturated heterocycles. The summed E-state index contributed by atoms with van der Waals surface area (Å²) in [6, 6.07) is 5.55. The second kappa shape index (κ2) is 6.02. The molecule has 0 atom stereocenters. The molecule has 1 amide bonds. The van der Waals surface area contributed by atoms with Crippen molar-refractivity contribution < 1.29 is 13.9 Å². The van der Waals surface area contributed by atoms with E-state index >= 15 is 0 Å². The van der Waals surface area contributed by atoms with Gasteiger partial charge in [0.2, 0.25) is 0 Å². The second-order valence-electron chi connectivity index (χ2n) is 7.43. The van der Waals surface area contributed by atoms with Crippen molar-refractivity contribution in [1.82, 2.24) is 4.90 Å². The number of carbonyl (C=O) groups is 1. The third-order valence-corrected chi connectivity index (χ3v) is 4.30. The Labute approximate surface area is 137 Å². The van der Waals surface area contributed by atoms with Crippen LogP contribution < -0.4 is 4.90 Å². The van der Waals surface area contributed by atoms with Crippen molar-refractivity contribution >= 4 is 11.8 Å². The molecule has 126 valence electrons. The lowest BCUT2D eigenvalue weighted by molar-refractivity contribution is 0.0240. The maximum absolute atomic E-state index is 14.2. The van der Waals surface area contributed by atoms with Gasteiger partial charge in [0.1, 0.15) is 11.4 Å². The van der Waals surface area contributed by atoms with Crippen molar-refractivity contribution in [1.29, 1.82) is 0 Å². The molecule has 0 aromatic heterocycles. The summed E-state index contributed by atoms with van der Waals surface area (Å²) in [4.78, 5) is 15.9. The van der Waals surface area contributed by atoms with E-state index in [1.54, 1.807) is 11.0 Å². The standard InChI is InChI=1S/C18H25FN2O2/c1-18(2,3)23-17(22)21-10-8-20(9-11-21)14-6-7-15(13-4-5-13)16(19)12-14/h6-7,12-13H,4-5,8-11H2,1-3H3. The third kappa shape index (κ3) is 3.95. The minimum Gasteiger partial charge on any atom is -0.444 e. The van der Waals surface area contributed by atoms with E-state index in [0.717, 1.165) is 24.1 Å². The number of amides is 1. The number of hydrogen-bond acceptors (Lipinski definition) is 3. The molecule has 2 fully saturated rings. The molecule has 0 unspecified atom stereocenters. The summed E-state index contributed by atoms with van der Waals surface area (Å²) in [6.07, 6.45) is 1.93. The summed E-state index contributed by atoms with van der Waals surface area (Å²) in [6.45, 7) is 8.19. The molecule has 1 heterocycles. The van der Waals surface area contributed by atoms with Gasteiger partial charge in [0.25, 0.3) is 0 Å².